The number of hydrogen-bond donors (Lipinski definition) is 1. The van der Waals surface area contributed by atoms with Gasteiger partial charge in [0.2, 0.25) is 5.91 Å². The fourth-order valence-corrected chi connectivity index (χ4v) is 4.19. The lowest BCUT2D eigenvalue weighted by Gasteiger charge is -2.32. The average Bonchev–Trinajstić information content (AvgIpc) is 2.99. The molecule has 0 spiro atoms. The SMILES string of the molecule is COc1ccc2c(c1)OC[C@H](C(=O)N1CCc3nc(N)sc3C1)C2. The van der Waals surface area contributed by atoms with E-state index in [-0.39, 0.29) is 11.8 Å². The highest BCUT2D eigenvalue weighted by Gasteiger charge is 2.32. The van der Waals surface area contributed by atoms with Crippen molar-refractivity contribution < 1.29 is 14.3 Å². The van der Waals surface area contributed by atoms with Crippen molar-refractivity contribution in [3.8, 4) is 11.5 Å². The van der Waals surface area contributed by atoms with Gasteiger partial charge in [0.1, 0.15) is 18.1 Å². The van der Waals surface area contributed by atoms with Crippen LogP contribution < -0.4 is 15.2 Å². The number of nitrogens with zero attached hydrogens (tertiary/aromatic N) is 2. The van der Waals surface area contributed by atoms with E-state index in [0.717, 1.165) is 34.1 Å². The molecule has 1 amide bonds. The summed E-state index contributed by atoms with van der Waals surface area (Å²) in [5.41, 5.74) is 7.87. The number of benzene rings is 1. The molecule has 2 aromatic rings. The highest BCUT2D eigenvalue weighted by atomic mass is 32.1. The van der Waals surface area contributed by atoms with Gasteiger partial charge in [-0.25, -0.2) is 4.98 Å². The molecular weight excluding hydrogens is 326 g/mol. The molecule has 2 aliphatic heterocycles. The maximum atomic E-state index is 12.9. The second-order valence-electron chi connectivity index (χ2n) is 6.12. The molecule has 126 valence electrons. The Kier molecular flexibility index (Phi) is 3.80. The molecule has 0 saturated heterocycles. The number of nitrogens with two attached hydrogens (primary N) is 1. The van der Waals surface area contributed by atoms with Gasteiger partial charge in [-0.15, -0.1) is 11.3 Å². The summed E-state index contributed by atoms with van der Waals surface area (Å²) in [6.45, 7) is 1.71. The molecule has 0 fully saturated rings. The number of aromatic nitrogens is 1. The highest BCUT2D eigenvalue weighted by Crippen LogP contribution is 2.33. The quantitative estimate of drug-likeness (QED) is 0.899. The van der Waals surface area contributed by atoms with E-state index in [1.54, 1.807) is 7.11 Å². The van der Waals surface area contributed by atoms with Crippen LogP contribution in [0, 0.1) is 5.92 Å². The van der Waals surface area contributed by atoms with E-state index < -0.39 is 0 Å². The molecule has 7 heteroatoms. The Morgan fingerprint density at radius 2 is 2.38 bits per heavy atom. The maximum Gasteiger partial charge on any atom is 0.229 e. The summed E-state index contributed by atoms with van der Waals surface area (Å²) in [6, 6.07) is 5.76. The summed E-state index contributed by atoms with van der Waals surface area (Å²) in [5, 5.41) is 0.582. The van der Waals surface area contributed by atoms with Crippen molar-refractivity contribution in [1.82, 2.24) is 9.88 Å². The van der Waals surface area contributed by atoms with Gasteiger partial charge in [0, 0.05) is 23.9 Å². The number of nitrogen functional groups attached to an aromatic ring is 1. The third kappa shape index (κ3) is 2.69. The van der Waals surface area contributed by atoms with E-state index in [1.165, 1.54) is 11.3 Å². The summed E-state index contributed by atoms with van der Waals surface area (Å²) >= 11 is 1.48. The van der Waals surface area contributed by atoms with Crippen molar-refractivity contribution >= 4 is 22.4 Å². The fraction of sp³-hybridized carbons (Fsp3) is 0.412. The highest BCUT2D eigenvalue weighted by molar-refractivity contribution is 7.15. The second-order valence-corrected chi connectivity index (χ2v) is 7.23. The van der Waals surface area contributed by atoms with E-state index >= 15 is 0 Å². The molecule has 0 aliphatic carbocycles. The van der Waals surface area contributed by atoms with Crippen molar-refractivity contribution in [1.29, 1.82) is 0 Å². The Labute approximate surface area is 144 Å². The summed E-state index contributed by atoms with van der Waals surface area (Å²) in [5.74, 6) is 1.59. The predicted molar refractivity (Wildman–Crippen MR) is 91.3 cm³/mol. The summed E-state index contributed by atoms with van der Waals surface area (Å²) in [6.07, 6.45) is 1.47. The topological polar surface area (TPSA) is 77.7 Å². The zero-order chi connectivity index (χ0) is 16.7. The molecule has 1 atom stereocenters. The number of methoxy groups -OCH3 is 1. The van der Waals surface area contributed by atoms with Crippen molar-refractivity contribution in [2.75, 3.05) is 26.0 Å². The van der Waals surface area contributed by atoms with Crippen LogP contribution in [0.1, 0.15) is 16.1 Å². The van der Waals surface area contributed by atoms with Crippen LogP contribution in [0.3, 0.4) is 0 Å². The van der Waals surface area contributed by atoms with Crippen LogP contribution in [0.5, 0.6) is 11.5 Å². The van der Waals surface area contributed by atoms with Crippen LogP contribution in [-0.4, -0.2) is 36.1 Å². The molecule has 0 unspecified atom stereocenters. The van der Waals surface area contributed by atoms with Gasteiger partial charge >= 0.3 is 0 Å². The molecule has 0 saturated carbocycles. The van der Waals surface area contributed by atoms with E-state index in [9.17, 15) is 4.79 Å². The predicted octanol–water partition coefficient (Wildman–Crippen LogP) is 1.87. The molecule has 3 heterocycles. The van der Waals surface area contributed by atoms with Crippen LogP contribution in [0.15, 0.2) is 18.2 Å². The third-order valence-corrected chi connectivity index (χ3v) is 5.50. The summed E-state index contributed by atoms with van der Waals surface area (Å²) in [4.78, 5) is 20.2. The molecular formula is C17H19N3O3S. The average molecular weight is 345 g/mol. The minimum atomic E-state index is -0.141. The molecule has 24 heavy (non-hydrogen) atoms. The lowest BCUT2D eigenvalue weighted by atomic mass is 9.94. The lowest BCUT2D eigenvalue weighted by molar-refractivity contribution is -0.137. The summed E-state index contributed by atoms with van der Waals surface area (Å²) in [7, 11) is 1.63. The summed E-state index contributed by atoms with van der Waals surface area (Å²) < 4.78 is 11.0. The first-order chi connectivity index (χ1) is 11.6. The van der Waals surface area contributed by atoms with Crippen LogP contribution >= 0.6 is 11.3 Å². The molecule has 4 rings (SSSR count). The number of carbonyl (C=O) groups is 1. The van der Waals surface area contributed by atoms with Gasteiger partial charge in [-0.05, 0) is 18.1 Å². The fourth-order valence-electron chi connectivity index (χ4n) is 3.30. The van der Waals surface area contributed by atoms with Crippen molar-refractivity contribution in [2.24, 2.45) is 5.92 Å². The van der Waals surface area contributed by atoms with Crippen molar-refractivity contribution in [3.05, 3.63) is 34.3 Å². The van der Waals surface area contributed by atoms with Gasteiger partial charge in [0.05, 0.1) is 25.3 Å². The maximum absolute atomic E-state index is 12.9. The Morgan fingerprint density at radius 1 is 1.50 bits per heavy atom. The number of carbonyl (C=O) groups excluding carboxylic acids is 1. The largest absolute Gasteiger partial charge is 0.497 e. The first-order valence-corrected chi connectivity index (χ1v) is 8.78. The Bertz CT molecular complexity index is 789. The van der Waals surface area contributed by atoms with Gasteiger partial charge in [-0.1, -0.05) is 6.07 Å². The first kappa shape index (κ1) is 15.3. The van der Waals surface area contributed by atoms with Crippen LogP contribution in [0.4, 0.5) is 5.13 Å². The van der Waals surface area contributed by atoms with Crippen LogP contribution in [0.2, 0.25) is 0 Å². The number of hydrogen-bond acceptors (Lipinski definition) is 6. The molecule has 2 aliphatic rings. The third-order valence-electron chi connectivity index (χ3n) is 4.59. The van der Waals surface area contributed by atoms with Crippen molar-refractivity contribution in [3.63, 3.8) is 0 Å². The first-order valence-electron chi connectivity index (χ1n) is 7.96. The Morgan fingerprint density at radius 3 is 3.21 bits per heavy atom. The number of fused-ring (bicyclic) bond motifs is 2. The Hall–Kier alpha value is -2.28. The smallest absolute Gasteiger partial charge is 0.229 e. The van der Waals surface area contributed by atoms with Crippen molar-refractivity contribution in [2.45, 2.75) is 19.4 Å². The number of anilines is 1. The standard InChI is InChI=1S/C17H19N3O3S/c1-22-12-3-2-10-6-11(9-23-14(10)7-12)16(21)20-5-4-13-15(8-20)24-17(18)19-13/h2-3,7,11H,4-6,8-9H2,1H3,(H2,18,19)/t11-/m1/s1. The van der Waals surface area contributed by atoms with E-state index in [2.05, 4.69) is 4.98 Å². The Balaban J connectivity index is 1.48. The molecule has 6 nitrogen and oxygen atoms in total. The van der Waals surface area contributed by atoms with Crippen LogP contribution in [0.25, 0.3) is 0 Å². The van der Waals surface area contributed by atoms with Gasteiger partial charge in [0.15, 0.2) is 5.13 Å². The van der Waals surface area contributed by atoms with E-state index in [1.807, 2.05) is 23.1 Å². The zero-order valence-electron chi connectivity index (χ0n) is 13.4. The normalized spacial score (nSPS) is 19.2. The van der Waals surface area contributed by atoms with Gasteiger partial charge in [-0.2, -0.15) is 0 Å². The van der Waals surface area contributed by atoms with Gasteiger partial charge < -0.3 is 20.1 Å². The second kappa shape index (κ2) is 5.98. The number of rotatable bonds is 2. The monoisotopic (exact) mass is 345 g/mol. The van der Waals surface area contributed by atoms with Gasteiger partial charge in [0.25, 0.3) is 0 Å². The minimum absolute atomic E-state index is 0.141. The van der Waals surface area contributed by atoms with E-state index in [0.29, 0.717) is 31.2 Å². The lowest BCUT2D eigenvalue weighted by Crippen LogP contribution is -2.43. The molecule has 0 radical (unpaired) electrons. The molecule has 1 aromatic carbocycles. The van der Waals surface area contributed by atoms with Crippen LogP contribution in [-0.2, 0) is 24.2 Å². The van der Waals surface area contributed by atoms with E-state index in [4.69, 9.17) is 15.2 Å². The van der Waals surface area contributed by atoms with Gasteiger partial charge in [-0.3, -0.25) is 4.79 Å². The zero-order valence-corrected chi connectivity index (χ0v) is 14.3. The number of thiazole rings is 1. The number of amides is 1. The number of ether oxygens (including phenoxy) is 2. The minimum Gasteiger partial charge on any atom is -0.497 e. The molecule has 2 N–H and O–H groups in total. The molecule has 1 aromatic heterocycles. The molecule has 0 bridgehead atoms.